The predicted molar refractivity (Wildman–Crippen MR) is 154 cm³/mol. The van der Waals surface area contributed by atoms with Crippen LogP contribution in [0.25, 0.3) is 11.1 Å². The summed E-state index contributed by atoms with van der Waals surface area (Å²) < 4.78 is 26.1. The van der Waals surface area contributed by atoms with Crippen molar-refractivity contribution in [2.45, 2.75) is 85.2 Å². The summed E-state index contributed by atoms with van der Waals surface area (Å²) in [5, 5.41) is 9.65. The van der Waals surface area contributed by atoms with Crippen LogP contribution in [-0.4, -0.2) is 6.61 Å². The van der Waals surface area contributed by atoms with Crippen LogP contribution in [0.4, 0.5) is 4.39 Å². The van der Waals surface area contributed by atoms with Crippen molar-refractivity contribution in [3.63, 3.8) is 0 Å². The Bertz CT molecular complexity index is 1150. The summed E-state index contributed by atoms with van der Waals surface area (Å²) in [6.07, 6.45) is 9.28. The zero-order valence-electron chi connectivity index (χ0n) is 23.3. The molecule has 0 radical (unpaired) electrons. The molecule has 3 aromatic rings. The molecule has 0 amide bonds. The molecule has 0 saturated carbocycles. The number of rotatable bonds is 16. The molecule has 0 aromatic heterocycles. The second kappa shape index (κ2) is 15.2. The van der Waals surface area contributed by atoms with E-state index in [1.165, 1.54) is 25.0 Å². The number of nitriles is 1. The van der Waals surface area contributed by atoms with Crippen molar-refractivity contribution in [1.29, 1.82) is 5.26 Å². The third-order valence-corrected chi connectivity index (χ3v) is 7.17. The molecule has 0 aliphatic carbocycles. The van der Waals surface area contributed by atoms with E-state index in [1.807, 2.05) is 36.4 Å². The number of hydrogen-bond donors (Lipinski definition) is 0. The van der Waals surface area contributed by atoms with Crippen molar-refractivity contribution in [3.05, 3.63) is 83.7 Å². The highest BCUT2D eigenvalue weighted by Gasteiger charge is 2.22. The van der Waals surface area contributed by atoms with Crippen LogP contribution < -0.4 is 9.47 Å². The van der Waals surface area contributed by atoms with E-state index < -0.39 is 0 Å². The van der Waals surface area contributed by atoms with Gasteiger partial charge in [0.05, 0.1) is 18.1 Å². The van der Waals surface area contributed by atoms with Gasteiger partial charge in [-0.15, -0.1) is 0 Å². The van der Waals surface area contributed by atoms with Gasteiger partial charge in [-0.1, -0.05) is 88.4 Å². The highest BCUT2D eigenvalue weighted by atomic mass is 19.1. The van der Waals surface area contributed by atoms with Crippen molar-refractivity contribution in [3.8, 4) is 28.7 Å². The number of halogens is 1. The van der Waals surface area contributed by atoms with Gasteiger partial charge < -0.3 is 9.47 Å². The van der Waals surface area contributed by atoms with Gasteiger partial charge >= 0.3 is 0 Å². The number of ether oxygens (including phenoxy) is 2. The van der Waals surface area contributed by atoms with Crippen molar-refractivity contribution in [1.82, 2.24) is 0 Å². The summed E-state index contributed by atoms with van der Waals surface area (Å²) in [5.41, 5.74) is 3.81. The van der Waals surface area contributed by atoms with Crippen molar-refractivity contribution >= 4 is 0 Å². The molecule has 38 heavy (non-hydrogen) atoms. The Morgan fingerprint density at radius 2 is 1.53 bits per heavy atom. The summed E-state index contributed by atoms with van der Waals surface area (Å²) in [4.78, 5) is 0. The van der Waals surface area contributed by atoms with Crippen LogP contribution in [0.5, 0.6) is 11.5 Å². The highest BCUT2D eigenvalue weighted by molar-refractivity contribution is 5.73. The standard InChI is InChI=1S/C34H42FNO2/c1-4-6-11-20-34(3,26-36)21-12-8-13-22-37-32-24-33(38-25-27-14-9-7-10-15-27)31(23-28(32)5-2)29-16-18-30(35)19-17-29/h7,9-10,14-19,23-24H,4-6,8,11-13,20-22,25H2,1-3H3. The first-order valence-electron chi connectivity index (χ1n) is 14.1. The van der Waals surface area contributed by atoms with Crippen LogP contribution in [0, 0.1) is 22.6 Å². The summed E-state index contributed by atoms with van der Waals surface area (Å²) in [6.45, 7) is 7.48. The molecule has 0 saturated heterocycles. The maximum Gasteiger partial charge on any atom is 0.131 e. The van der Waals surface area contributed by atoms with E-state index in [2.05, 4.69) is 32.9 Å². The molecule has 3 aromatic carbocycles. The number of nitrogens with zero attached hydrogens (tertiary/aromatic N) is 1. The van der Waals surface area contributed by atoms with Gasteiger partial charge in [0, 0.05) is 11.6 Å². The lowest BCUT2D eigenvalue weighted by Crippen LogP contribution is -2.13. The molecular weight excluding hydrogens is 473 g/mol. The molecule has 1 unspecified atom stereocenters. The van der Waals surface area contributed by atoms with Gasteiger partial charge in [-0.25, -0.2) is 4.39 Å². The molecule has 0 spiro atoms. The average Bonchev–Trinajstić information content (AvgIpc) is 2.95. The fourth-order valence-corrected chi connectivity index (χ4v) is 4.70. The summed E-state index contributed by atoms with van der Waals surface area (Å²) in [6, 6.07) is 23.3. The summed E-state index contributed by atoms with van der Waals surface area (Å²) >= 11 is 0. The Morgan fingerprint density at radius 3 is 2.18 bits per heavy atom. The third kappa shape index (κ3) is 8.91. The first-order chi connectivity index (χ1) is 18.5. The molecule has 3 nitrogen and oxygen atoms in total. The van der Waals surface area contributed by atoms with Gasteiger partial charge in [0.25, 0.3) is 0 Å². The minimum Gasteiger partial charge on any atom is -0.493 e. The van der Waals surface area contributed by atoms with Crippen molar-refractivity contribution in [2.24, 2.45) is 5.41 Å². The minimum absolute atomic E-state index is 0.216. The van der Waals surface area contributed by atoms with E-state index in [-0.39, 0.29) is 11.2 Å². The Kier molecular flexibility index (Phi) is 11.7. The lowest BCUT2D eigenvalue weighted by molar-refractivity contribution is 0.283. The lowest BCUT2D eigenvalue weighted by atomic mass is 9.81. The zero-order valence-corrected chi connectivity index (χ0v) is 23.3. The predicted octanol–water partition coefficient (Wildman–Crippen LogP) is 9.68. The van der Waals surface area contributed by atoms with E-state index >= 15 is 0 Å². The first-order valence-corrected chi connectivity index (χ1v) is 14.1. The van der Waals surface area contributed by atoms with E-state index in [0.29, 0.717) is 13.2 Å². The number of unbranched alkanes of at least 4 members (excludes halogenated alkanes) is 4. The Balaban J connectivity index is 1.65. The Morgan fingerprint density at radius 1 is 0.816 bits per heavy atom. The lowest BCUT2D eigenvalue weighted by Gasteiger charge is -2.21. The summed E-state index contributed by atoms with van der Waals surface area (Å²) in [7, 11) is 0. The smallest absolute Gasteiger partial charge is 0.131 e. The van der Waals surface area contributed by atoms with Gasteiger partial charge in [0.15, 0.2) is 0 Å². The molecule has 4 heteroatoms. The molecule has 0 aliphatic rings. The second-order valence-electron chi connectivity index (χ2n) is 10.4. The molecule has 0 aliphatic heterocycles. The van der Waals surface area contributed by atoms with Gasteiger partial charge in [-0.2, -0.15) is 5.26 Å². The van der Waals surface area contributed by atoms with Crippen LogP contribution in [0.2, 0.25) is 0 Å². The Labute approximate surface area is 228 Å². The van der Waals surface area contributed by atoms with Crippen molar-refractivity contribution < 1.29 is 13.9 Å². The van der Waals surface area contributed by atoms with Crippen LogP contribution >= 0.6 is 0 Å². The van der Waals surface area contributed by atoms with Crippen LogP contribution in [0.3, 0.4) is 0 Å². The van der Waals surface area contributed by atoms with E-state index in [9.17, 15) is 9.65 Å². The molecule has 0 fully saturated rings. The molecular formula is C34H42FNO2. The minimum atomic E-state index is -0.257. The van der Waals surface area contributed by atoms with Gasteiger partial charge in [-0.05, 0) is 67.5 Å². The zero-order chi connectivity index (χ0) is 27.2. The second-order valence-corrected chi connectivity index (χ2v) is 10.4. The number of benzene rings is 3. The largest absolute Gasteiger partial charge is 0.493 e. The molecule has 3 rings (SSSR count). The Hall–Kier alpha value is -3.32. The molecule has 202 valence electrons. The molecule has 0 bridgehead atoms. The molecule has 0 heterocycles. The molecule has 0 N–H and O–H groups in total. The average molecular weight is 516 g/mol. The first kappa shape index (κ1) is 29.2. The fourth-order valence-electron chi connectivity index (χ4n) is 4.70. The van der Waals surface area contributed by atoms with E-state index in [1.54, 1.807) is 12.1 Å². The topological polar surface area (TPSA) is 42.2 Å². The normalized spacial score (nSPS) is 12.5. The maximum absolute atomic E-state index is 13.6. The van der Waals surface area contributed by atoms with Gasteiger partial charge in [-0.3, -0.25) is 0 Å². The number of hydrogen-bond acceptors (Lipinski definition) is 3. The maximum atomic E-state index is 13.6. The quantitative estimate of drug-likeness (QED) is 0.178. The van der Waals surface area contributed by atoms with E-state index in [4.69, 9.17) is 9.47 Å². The summed E-state index contributed by atoms with van der Waals surface area (Å²) in [5.74, 6) is 1.31. The van der Waals surface area contributed by atoms with Gasteiger partial charge in [0.1, 0.15) is 23.9 Å². The third-order valence-electron chi connectivity index (χ3n) is 7.17. The van der Waals surface area contributed by atoms with Crippen LogP contribution in [-0.2, 0) is 13.0 Å². The SMILES string of the molecule is CCCCCC(C)(C#N)CCCCCOc1cc(OCc2ccccc2)c(-c2ccc(F)cc2)cc1CC. The fraction of sp³-hybridized carbons (Fsp3) is 0.441. The van der Waals surface area contributed by atoms with Crippen molar-refractivity contribution in [2.75, 3.05) is 6.61 Å². The molecule has 1 atom stereocenters. The van der Waals surface area contributed by atoms with Crippen LogP contribution in [0.15, 0.2) is 66.7 Å². The highest BCUT2D eigenvalue weighted by Crippen LogP contribution is 2.37. The van der Waals surface area contributed by atoms with E-state index in [0.717, 1.165) is 78.7 Å². The van der Waals surface area contributed by atoms with Gasteiger partial charge in [0.2, 0.25) is 0 Å². The number of aryl methyl sites for hydroxylation is 1. The van der Waals surface area contributed by atoms with Crippen LogP contribution in [0.1, 0.15) is 83.3 Å². The monoisotopic (exact) mass is 515 g/mol.